The molecule has 1 aliphatic rings. The Hall–Kier alpha value is -2.86. The van der Waals surface area contributed by atoms with E-state index in [1.54, 1.807) is 0 Å². The summed E-state index contributed by atoms with van der Waals surface area (Å²) in [6.45, 7) is 3.88. The lowest BCUT2D eigenvalue weighted by Crippen LogP contribution is -2.65. The zero-order valence-corrected chi connectivity index (χ0v) is 14.8. The van der Waals surface area contributed by atoms with E-state index in [0.29, 0.717) is 0 Å². The number of benzene rings is 2. The summed E-state index contributed by atoms with van der Waals surface area (Å²) in [6.07, 6.45) is -1.14. The van der Waals surface area contributed by atoms with Crippen molar-refractivity contribution < 1.29 is 19.1 Å². The summed E-state index contributed by atoms with van der Waals surface area (Å²) in [5.74, 6) is 5.33. The number of esters is 1. The van der Waals surface area contributed by atoms with Gasteiger partial charge in [-0.2, -0.15) is 0 Å². The van der Waals surface area contributed by atoms with Crippen molar-refractivity contribution in [1.82, 2.24) is 5.01 Å². The molecule has 1 amide bonds. The van der Waals surface area contributed by atoms with Crippen molar-refractivity contribution in [2.45, 2.75) is 32.6 Å². The lowest BCUT2D eigenvalue weighted by Gasteiger charge is -2.41. The molecule has 6 nitrogen and oxygen atoms in total. The fourth-order valence-corrected chi connectivity index (χ4v) is 2.86. The van der Waals surface area contributed by atoms with E-state index in [-0.39, 0.29) is 12.5 Å². The van der Waals surface area contributed by atoms with Gasteiger partial charge in [0.15, 0.2) is 6.04 Å². The fraction of sp³-hybridized carbons (Fsp3) is 0.300. The van der Waals surface area contributed by atoms with Crippen LogP contribution in [-0.4, -0.2) is 29.2 Å². The van der Waals surface area contributed by atoms with E-state index in [1.165, 1.54) is 0 Å². The van der Waals surface area contributed by atoms with E-state index in [4.69, 9.17) is 15.3 Å². The number of hydrazine groups is 1. The van der Waals surface area contributed by atoms with Gasteiger partial charge in [0.1, 0.15) is 12.7 Å². The van der Waals surface area contributed by atoms with E-state index in [2.05, 4.69) is 0 Å². The van der Waals surface area contributed by atoms with Crippen LogP contribution in [0.4, 0.5) is 4.79 Å². The molecule has 2 aromatic rings. The number of amides is 1. The molecule has 0 bridgehead atoms. The molecule has 1 aliphatic heterocycles. The van der Waals surface area contributed by atoms with Crippen LogP contribution < -0.4 is 5.84 Å². The van der Waals surface area contributed by atoms with Crippen molar-refractivity contribution in [2.75, 3.05) is 0 Å². The molecule has 0 radical (unpaired) electrons. The van der Waals surface area contributed by atoms with Crippen molar-refractivity contribution in [2.24, 2.45) is 11.8 Å². The molecule has 1 fully saturated rings. The van der Waals surface area contributed by atoms with Gasteiger partial charge in [-0.1, -0.05) is 68.4 Å². The van der Waals surface area contributed by atoms with Crippen LogP contribution >= 0.6 is 0 Å². The highest BCUT2D eigenvalue weighted by atomic mass is 16.6. The zero-order chi connectivity index (χ0) is 18.7. The van der Waals surface area contributed by atoms with Crippen LogP contribution in [0.5, 0.6) is 0 Å². The second kappa shape index (κ2) is 7.58. The average molecular weight is 354 g/mol. The van der Waals surface area contributed by atoms with E-state index < -0.39 is 24.2 Å². The van der Waals surface area contributed by atoms with Crippen molar-refractivity contribution in [3.63, 3.8) is 0 Å². The summed E-state index contributed by atoms with van der Waals surface area (Å²) in [7, 11) is 0. The first-order chi connectivity index (χ1) is 12.5. The molecule has 6 heteroatoms. The molecule has 0 aromatic heterocycles. The highest BCUT2D eigenvalue weighted by Crippen LogP contribution is 2.26. The minimum atomic E-state index is -0.789. The summed E-state index contributed by atoms with van der Waals surface area (Å²) in [5, 5.41) is 0.828. The second-order valence-corrected chi connectivity index (χ2v) is 6.62. The number of cyclic esters (lactones) is 1. The van der Waals surface area contributed by atoms with Crippen LogP contribution in [0.25, 0.3) is 11.1 Å². The normalized spacial score (nSPS) is 18.8. The minimum absolute atomic E-state index is 0.0714. The Morgan fingerprint density at radius 3 is 2.31 bits per heavy atom. The second-order valence-electron chi connectivity index (χ2n) is 6.62. The van der Waals surface area contributed by atoms with Crippen LogP contribution in [0.15, 0.2) is 54.6 Å². The maximum Gasteiger partial charge on any atom is 0.425 e. The number of nitrogens with two attached hydrogens (primary N) is 1. The Bertz CT molecular complexity index is 774. The smallest absolute Gasteiger partial charge is 0.425 e. The number of hydrogen-bond donors (Lipinski definition) is 1. The molecule has 1 saturated heterocycles. The first-order valence-electron chi connectivity index (χ1n) is 8.53. The van der Waals surface area contributed by atoms with Crippen LogP contribution in [-0.2, 0) is 20.9 Å². The first-order valence-corrected chi connectivity index (χ1v) is 8.53. The Kier molecular flexibility index (Phi) is 5.23. The van der Waals surface area contributed by atoms with Gasteiger partial charge >= 0.3 is 12.1 Å². The van der Waals surface area contributed by atoms with Crippen LogP contribution in [0, 0.1) is 5.92 Å². The highest BCUT2D eigenvalue weighted by Gasteiger charge is 2.49. The highest BCUT2D eigenvalue weighted by molar-refractivity contribution is 5.86. The molecule has 2 N–H and O–H groups in total. The summed E-state index contributed by atoms with van der Waals surface area (Å²) >= 11 is 0. The molecule has 0 spiro atoms. The molecule has 3 rings (SSSR count). The third kappa shape index (κ3) is 3.70. The van der Waals surface area contributed by atoms with Gasteiger partial charge in [0.2, 0.25) is 0 Å². The molecule has 0 saturated carbocycles. The average Bonchev–Trinajstić information content (AvgIpc) is 2.64. The molecule has 2 atom stereocenters. The van der Waals surface area contributed by atoms with Gasteiger partial charge in [-0.3, -0.25) is 0 Å². The van der Waals surface area contributed by atoms with E-state index in [0.717, 1.165) is 21.7 Å². The van der Waals surface area contributed by atoms with Crippen LogP contribution in [0.3, 0.4) is 0 Å². The summed E-state index contributed by atoms with van der Waals surface area (Å²) in [6, 6.07) is 16.9. The Morgan fingerprint density at radius 1 is 1.12 bits per heavy atom. The summed E-state index contributed by atoms with van der Waals surface area (Å²) in [4.78, 5) is 23.7. The standard InChI is InChI=1S/C20H22N2O4/c1-13(2)18-17(19(23)26-18)22(21)20(24)25-12-14-8-10-16(11-9-14)15-6-4-3-5-7-15/h3-11,13,17-18H,12,21H2,1-2H3/t17-,18+/m1/s1. The number of carbonyl (C=O) groups excluding carboxylic acids is 2. The quantitative estimate of drug-likeness (QED) is 0.386. The number of rotatable bonds is 5. The number of nitrogens with zero attached hydrogens (tertiary/aromatic N) is 1. The van der Waals surface area contributed by atoms with Gasteiger partial charge in [0.05, 0.1) is 0 Å². The first kappa shape index (κ1) is 17.9. The third-order valence-electron chi connectivity index (χ3n) is 4.40. The number of ether oxygens (including phenoxy) is 2. The van der Waals surface area contributed by atoms with Gasteiger partial charge < -0.3 is 9.47 Å². The van der Waals surface area contributed by atoms with Crippen molar-refractivity contribution in [3.8, 4) is 11.1 Å². The van der Waals surface area contributed by atoms with Gasteiger partial charge in [-0.25, -0.2) is 20.4 Å². The fourth-order valence-electron chi connectivity index (χ4n) is 2.86. The Balaban J connectivity index is 1.57. The lowest BCUT2D eigenvalue weighted by molar-refractivity contribution is -0.192. The van der Waals surface area contributed by atoms with Gasteiger partial charge in [0, 0.05) is 0 Å². The largest absolute Gasteiger partial charge is 0.457 e. The van der Waals surface area contributed by atoms with E-state index >= 15 is 0 Å². The van der Waals surface area contributed by atoms with Crippen molar-refractivity contribution in [3.05, 3.63) is 60.2 Å². The third-order valence-corrected chi connectivity index (χ3v) is 4.40. The zero-order valence-electron chi connectivity index (χ0n) is 14.8. The van der Waals surface area contributed by atoms with Gasteiger partial charge in [-0.15, -0.1) is 0 Å². The molecule has 136 valence electrons. The predicted octanol–water partition coefficient (Wildman–Crippen LogP) is 3.12. The predicted molar refractivity (Wildman–Crippen MR) is 96.6 cm³/mol. The maximum absolute atomic E-state index is 12.1. The Morgan fingerprint density at radius 2 is 1.73 bits per heavy atom. The van der Waals surface area contributed by atoms with Crippen LogP contribution in [0.1, 0.15) is 19.4 Å². The van der Waals surface area contributed by atoms with E-state index in [1.807, 2.05) is 68.4 Å². The molecular weight excluding hydrogens is 332 g/mol. The Labute approximate surface area is 152 Å². The monoisotopic (exact) mass is 354 g/mol. The van der Waals surface area contributed by atoms with Crippen molar-refractivity contribution in [1.29, 1.82) is 0 Å². The lowest BCUT2D eigenvalue weighted by atomic mass is 9.94. The molecular formula is C20H22N2O4. The topological polar surface area (TPSA) is 81.9 Å². The molecule has 1 heterocycles. The van der Waals surface area contributed by atoms with Gasteiger partial charge in [0.25, 0.3) is 0 Å². The molecule has 2 aromatic carbocycles. The van der Waals surface area contributed by atoms with E-state index in [9.17, 15) is 9.59 Å². The summed E-state index contributed by atoms with van der Waals surface area (Å²) < 4.78 is 10.3. The maximum atomic E-state index is 12.1. The number of hydrogen-bond acceptors (Lipinski definition) is 5. The van der Waals surface area contributed by atoms with Crippen LogP contribution in [0.2, 0.25) is 0 Å². The molecule has 0 unspecified atom stereocenters. The van der Waals surface area contributed by atoms with Crippen molar-refractivity contribution >= 4 is 12.1 Å². The summed E-state index contributed by atoms with van der Waals surface area (Å²) in [5.41, 5.74) is 3.04. The molecule has 0 aliphatic carbocycles. The SMILES string of the molecule is CC(C)[C@@H]1OC(=O)[C@@H]1N(N)C(=O)OCc1ccc(-c2ccccc2)cc1. The minimum Gasteiger partial charge on any atom is -0.457 e. The van der Waals surface area contributed by atoms with Gasteiger partial charge in [-0.05, 0) is 22.6 Å². The number of carbonyl (C=O) groups is 2. The molecule has 26 heavy (non-hydrogen) atoms.